The molecule has 0 aliphatic carbocycles. The molecule has 0 aliphatic rings. The number of ether oxygens (including phenoxy) is 3. The summed E-state index contributed by atoms with van der Waals surface area (Å²) in [4.78, 5) is 25.4. The third-order valence-corrected chi connectivity index (χ3v) is 4.41. The number of amides is 1. The van der Waals surface area contributed by atoms with E-state index in [2.05, 4.69) is 4.74 Å². The first-order valence-electron chi connectivity index (χ1n) is 8.83. The van der Waals surface area contributed by atoms with Crippen molar-refractivity contribution in [3.63, 3.8) is 0 Å². The number of hydrogen-bond acceptors (Lipinski definition) is 5. The molecule has 2 rings (SSSR count). The van der Waals surface area contributed by atoms with Crippen LogP contribution in [0.5, 0.6) is 11.5 Å². The largest absolute Gasteiger partial charge is 0.493 e. The van der Waals surface area contributed by atoms with Crippen molar-refractivity contribution in [1.29, 1.82) is 0 Å². The third-order valence-electron chi connectivity index (χ3n) is 4.41. The van der Waals surface area contributed by atoms with Gasteiger partial charge in [0.05, 0.1) is 20.3 Å². The summed E-state index contributed by atoms with van der Waals surface area (Å²) in [6.45, 7) is 1.86. The van der Waals surface area contributed by atoms with E-state index >= 15 is 0 Å². The second kappa shape index (κ2) is 10.2. The lowest BCUT2D eigenvalue weighted by Gasteiger charge is -2.25. The van der Waals surface area contributed by atoms with Gasteiger partial charge in [0.2, 0.25) is 0 Å². The Morgan fingerprint density at radius 3 is 2.43 bits per heavy atom. The van der Waals surface area contributed by atoms with E-state index in [-0.39, 0.29) is 18.6 Å². The molecular weight excluding hydrogens is 358 g/mol. The van der Waals surface area contributed by atoms with Gasteiger partial charge in [0.15, 0.2) is 18.1 Å². The second-order valence-corrected chi connectivity index (χ2v) is 6.15. The zero-order valence-corrected chi connectivity index (χ0v) is 16.5. The highest BCUT2D eigenvalue weighted by molar-refractivity contribution is 5.87. The fraction of sp³-hybridized carbons (Fsp3) is 0.273. The fourth-order valence-electron chi connectivity index (χ4n) is 2.55. The molecule has 6 nitrogen and oxygen atoms in total. The number of hydrogen-bond donors (Lipinski definition) is 0. The minimum Gasteiger partial charge on any atom is -0.493 e. The van der Waals surface area contributed by atoms with Gasteiger partial charge in [0, 0.05) is 13.1 Å². The Balaban J connectivity index is 2.02. The second-order valence-electron chi connectivity index (χ2n) is 6.15. The zero-order chi connectivity index (χ0) is 20.5. The van der Waals surface area contributed by atoms with Crippen LogP contribution in [0.3, 0.4) is 0 Å². The quantitative estimate of drug-likeness (QED) is 0.516. The predicted octanol–water partition coefficient (Wildman–Crippen LogP) is 3.48. The summed E-state index contributed by atoms with van der Waals surface area (Å²) in [5, 5.41) is 0. The van der Waals surface area contributed by atoms with Gasteiger partial charge in [-0.05, 0) is 36.3 Å². The van der Waals surface area contributed by atoms with Gasteiger partial charge >= 0.3 is 5.97 Å². The molecule has 2 aromatic carbocycles. The summed E-state index contributed by atoms with van der Waals surface area (Å²) in [6.07, 6.45) is 2.93. The predicted molar refractivity (Wildman–Crippen MR) is 107 cm³/mol. The Morgan fingerprint density at radius 1 is 1.07 bits per heavy atom. The first-order valence-corrected chi connectivity index (χ1v) is 8.83. The molecule has 2 aromatic rings. The van der Waals surface area contributed by atoms with E-state index < -0.39 is 5.97 Å². The molecule has 6 heteroatoms. The topological polar surface area (TPSA) is 65.1 Å². The normalized spacial score (nSPS) is 11.7. The van der Waals surface area contributed by atoms with E-state index in [0.717, 1.165) is 11.1 Å². The lowest BCUT2D eigenvalue weighted by Crippen LogP contribution is -2.33. The van der Waals surface area contributed by atoms with E-state index in [0.29, 0.717) is 11.5 Å². The molecule has 0 saturated heterocycles. The van der Waals surface area contributed by atoms with Gasteiger partial charge in [0.25, 0.3) is 5.91 Å². The molecule has 0 saturated carbocycles. The molecule has 1 atom stereocenters. The highest BCUT2D eigenvalue weighted by Crippen LogP contribution is 2.29. The van der Waals surface area contributed by atoms with Crippen molar-refractivity contribution < 1.29 is 23.8 Å². The average molecular weight is 383 g/mol. The van der Waals surface area contributed by atoms with Crippen molar-refractivity contribution in [2.24, 2.45) is 0 Å². The first-order chi connectivity index (χ1) is 13.5. The van der Waals surface area contributed by atoms with E-state index in [9.17, 15) is 9.59 Å². The average Bonchev–Trinajstić information content (AvgIpc) is 2.75. The Morgan fingerprint density at radius 2 is 1.79 bits per heavy atom. The summed E-state index contributed by atoms with van der Waals surface area (Å²) in [6, 6.07) is 14.9. The Kier molecular flexibility index (Phi) is 7.63. The number of nitrogens with zero attached hydrogens (tertiary/aromatic N) is 1. The van der Waals surface area contributed by atoms with Crippen LogP contribution in [-0.2, 0) is 14.3 Å². The van der Waals surface area contributed by atoms with Crippen LogP contribution in [0.15, 0.2) is 54.6 Å². The summed E-state index contributed by atoms with van der Waals surface area (Å²) in [5.74, 6) is 0.332. The molecule has 1 amide bonds. The van der Waals surface area contributed by atoms with Gasteiger partial charge < -0.3 is 19.1 Å². The lowest BCUT2D eigenvalue weighted by atomic mass is 10.1. The molecule has 0 heterocycles. The van der Waals surface area contributed by atoms with Crippen molar-refractivity contribution in [3.05, 3.63) is 65.7 Å². The smallest absolute Gasteiger partial charge is 0.330 e. The van der Waals surface area contributed by atoms with Crippen molar-refractivity contribution in [3.8, 4) is 11.5 Å². The van der Waals surface area contributed by atoms with E-state index in [1.165, 1.54) is 20.3 Å². The van der Waals surface area contributed by atoms with Gasteiger partial charge in [0.1, 0.15) is 0 Å². The summed E-state index contributed by atoms with van der Waals surface area (Å²) < 4.78 is 15.6. The molecule has 1 unspecified atom stereocenters. The number of carbonyl (C=O) groups excluding carboxylic acids is 2. The van der Waals surface area contributed by atoms with Crippen LogP contribution >= 0.6 is 0 Å². The van der Waals surface area contributed by atoms with Crippen LogP contribution in [0.1, 0.15) is 24.1 Å². The molecule has 28 heavy (non-hydrogen) atoms. The number of rotatable bonds is 8. The summed E-state index contributed by atoms with van der Waals surface area (Å²) >= 11 is 0. The number of carbonyl (C=O) groups is 2. The maximum atomic E-state index is 12.5. The maximum absolute atomic E-state index is 12.5. The molecule has 0 aliphatic heterocycles. The third kappa shape index (κ3) is 5.61. The van der Waals surface area contributed by atoms with Crippen LogP contribution in [-0.4, -0.2) is 44.7 Å². The standard InChI is InChI=1S/C22H25NO5/c1-16(18-8-6-5-7-9-18)23(2)21(24)15-28-19-12-10-17(14-20(19)26-3)11-13-22(25)27-4/h5-14,16H,15H2,1-4H3/b13-11+. The van der Waals surface area contributed by atoms with Gasteiger partial charge in [-0.3, -0.25) is 4.79 Å². The first kappa shape index (κ1) is 21.0. The van der Waals surface area contributed by atoms with E-state index in [4.69, 9.17) is 9.47 Å². The minimum absolute atomic E-state index is 0.0648. The van der Waals surface area contributed by atoms with Gasteiger partial charge in [-0.25, -0.2) is 4.79 Å². The van der Waals surface area contributed by atoms with Gasteiger partial charge in [-0.2, -0.15) is 0 Å². The number of likely N-dealkylation sites (N-methyl/N-ethyl adjacent to an activating group) is 1. The van der Waals surface area contributed by atoms with E-state index in [1.54, 1.807) is 36.2 Å². The van der Waals surface area contributed by atoms with Gasteiger partial charge in [-0.1, -0.05) is 36.4 Å². The molecule has 0 N–H and O–H groups in total. The number of esters is 1. The van der Waals surface area contributed by atoms with Crippen molar-refractivity contribution in [2.45, 2.75) is 13.0 Å². The van der Waals surface area contributed by atoms with Crippen LogP contribution in [0, 0.1) is 0 Å². The van der Waals surface area contributed by atoms with Crippen LogP contribution < -0.4 is 9.47 Å². The van der Waals surface area contributed by atoms with Gasteiger partial charge in [-0.15, -0.1) is 0 Å². The Labute approximate surface area is 165 Å². The number of benzene rings is 2. The molecule has 0 radical (unpaired) electrons. The zero-order valence-electron chi connectivity index (χ0n) is 16.5. The minimum atomic E-state index is -0.444. The van der Waals surface area contributed by atoms with Crippen LogP contribution in [0.4, 0.5) is 0 Å². The lowest BCUT2D eigenvalue weighted by molar-refractivity contribution is -0.135. The van der Waals surface area contributed by atoms with Crippen molar-refractivity contribution >= 4 is 18.0 Å². The highest BCUT2D eigenvalue weighted by atomic mass is 16.5. The highest BCUT2D eigenvalue weighted by Gasteiger charge is 2.18. The Hall–Kier alpha value is -3.28. The molecule has 148 valence electrons. The number of methoxy groups -OCH3 is 2. The maximum Gasteiger partial charge on any atom is 0.330 e. The summed E-state index contributed by atoms with van der Waals surface area (Å²) in [5.41, 5.74) is 1.80. The molecule has 0 fully saturated rings. The Bertz CT molecular complexity index is 832. The monoisotopic (exact) mass is 383 g/mol. The molecule has 0 aromatic heterocycles. The molecule has 0 bridgehead atoms. The van der Waals surface area contributed by atoms with Crippen molar-refractivity contribution in [1.82, 2.24) is 4.90 Å². The summed E-state index contributed by atoms with van der Waals surface area (Å²) in [7, 11) is 4.58. The van der Waals surface area contributed by atoms with E-state index in [1.807, 2.05) is 37.3 Å². The fourth-order valence-corrected chi connectivity index (χ4v) is 2.55. The van der Waals surface area contributed by atoms with Crippen LogP contribution in [0.2, 0.25) is 0 Å². The molecular formula is C22H25NO5. The SMILES string of the molecule is COC(=O)/C=C/c1ccc(OCC(=O)N(C)C(C)c2ccccc2)c(OC)c1. The molecule has 0 spiro atoms. The van der Waals surface area contributed by atoms with Crippen molar-refractivity contribution in [2.75, 3.05) is 27.9 Å². The van der Waals surface area contributed by atoms with Crippen LogP contribution in [0.25, 0.3) is 6.08 Å².